The number of anilines is 1. The maximum absolute atomic E-state index is 12.1. The molecule has 0 fully saturated rings. The fraction of sp³-hybridized carbons (Fsp3) is 0.455. The molecule has 0 aromatic heterocycles. The number of benzene rings is 1. The van der Waals surface area contributed by atoms with Gasteiger partial charge in [0.15, 0.2) is 5.75 Å². The average Bonchev–Trinajstić information content (AvgIpc) is 2.24. The van der Waals surface area contributed by atoms with Crippen molar-refractivity contribution in [3.63, 3.8) is 0 Å². The Bertz CT molecular complexity index is 342. The van der Waals surface area contributed by atoms with E-state index in [2.05, 4.69) is 10.1 Å². The van der Waals surface area contributed by atoms with Crippen molar-refractivity contribution in [2.24, 2.45) is 0 Å². The van der Waals surface area contributed by atoms with E-state index in [0.29, 0.717) is 25.1 Å². The summed E-state index contributed by atoms with van der Waals surface area (Å²) in [4.78, 5) is 0. The van der Waals surface area contributed by atoms with E-state index < -0.39 is 6.36 Å². The lowest BCUT2D eigenvalue weighted by Gasteiger charge is -2.14. The Kier molecular flexibility index (Phi) is 5.09. The summed E-state index contributed by atoms with van der Waals surface area (Å²) < 4.78 is 40.1. The molecular weight excluding hydrogens is 235 g/mol. The number of aliphatic hydroxyl groups is 1. The van der Waals surface area contributed by atoms with Crippen LogP contribution in [0.5, 0.6) is 5.75 Å². The van der Waals surface area contributed by atoms with E-state index >= 15 is 0 Å². The van der Waals surface area contributed by atoms with Gasteiger partial charge in [-0.2, -0.15) is 0 Å². The van der Waals surface area contributed by atoms with Gasteiger partial charge in [0.1, 0.15) is 0 Å². The highest BCUT2D eigenvalue weighted by Gasteiger charge is 2.31. The Labute approximate surface area is 97.2 Å². The molecule has 3 nitrogen and oxygen atoms in total. The van der Waals surface area contributed by atoms with Gasteiger partial charge < -0.3 is 15.2 Å². The van der Waals surface area contributed by atoms with Crippen LogP contribution in [0.4, 0.5) is 18.9 Å². The molecule has 0 heterocycles. The maximum atomic E-state index is 12.1. The molecule has 0 spiro atoms. The minimum Gasteiger partial charge on any atom is -0.404 e. The van der Waals surface area contributed by atoms with Gasteiger partial charge in [0.2, 0.25) is 0 Å². The van der Waals surface area contributed by atoms with Gasteiger partial charge in [0.05, 0.1) is 5.69 Å². The standard InChI is InChI=1S/C11H14F3NO2/c12-11(13,14)17-10-6-2-1-5-9(10)15-7-3-4-8-16/h1-2,5-6,15-16H,3-4,7-8H2. The number of nitrogens with one attached hydrogen (secondary N) is 1. The van der Waals surface area contributed by atoms with E-state index in [1.165, 1.54) is 18.2 Å². The first-order valence-electron chi connectivity index (χ1n) is 5.22. The zero-order valence-corrected chi connectivity index (χ0v) is 9.13. The van der Waals surface area contributed by atoms with Crippen molar-refractivity contribution in [2.75, 3.05) is 18.5 Å². The molecule has 0 aliphatic rings. The number of rotatable bonds is 6. The predicted molar refractivity (Wildman–Crippen MR) is 57.9 cm³/mol. The van der Waals surface area contributed by atoms with Gasteiger partial charge in [0, 0.05) is 13.2 Å². The molecule has 0 amide bonds. The van der Waals surface area contributed by atoms with Crippen LogP contribution in [0.15, 0.2) is 24.3 Å². The number of hydrogen-bond acceptors (Lipinski definition) is 3. The van der Waals surface area contributed by atoms with Gasteiger partial charge in [0.25, 0.3) is 0 Å². The van der Waals surface area contributed by atoms with E-state index in [1.54, 1.807) is 6.07 Å². The van der Waals surface area contributed by atoms with Crippen LogP contribution in [-0.2, 0) is 0 Å². The molecule has 0 bridgehead atoms. The van der Waals surface area contributed by atoms with E-state index in [4.69, 9.17) is 5.11 Å². The van der Waals surface area contributed by atoms with E-state index in [1.807, 2.05) is 0 Å². The summed E-state index contributed by atoms with van der Waals surface area (Å²) in [7, 11) is 0. The second-order valence-corrected chi connectivity index (χ2v) is 3.40. The summed E-state index contributed by atoms with van der Waals surface area (Å²) in [6, 6.07) is 5.86. The molecule has 1 aromatic rings. The monoisotopic (exact) mass is 249 g/mol. The Morgan fingerprint density at radius 3 is 2.53 bits per heavy atom. The molecular formula is C11H14F3NO2. The van der Waals surface area contributed by atoms with Gasteiger partial charge in [-0.05, 0) is 25.0 Å². The Balaban J connectivity index is 2.58. The third-order valence-electron chi connectivity index (χ3n) is 2.01. The minimum atomic E-state index is -4.69. The Hall–Kier alpha value is -1.43. The largest absolute Gasteiger partial charge is 0.573 e. The Morgan fingerprint density at radius 1 is 1.18 bits per heavy atom. The van der Waals surface area contributed by atoms with Crippen molar-refractivity contribution in [1.29, 1.82) is 0 Å². The van der Waals surface area contributed by atoms with E-state index in [-0.39, 0.29) is 12.4 Å². The summed E-state index contributed by atoms with van der Waals surface area (Å²) in [6.45, 7) is 0.557. The maximum Gasteiger partial charge on any atom is 0.573 e. The fourth-order valence-electron chi connectivity index (χ4n) is 1.29. The first-order chi connectivity index (χ1) is 8.03. The van der Waals surface area contributed by atoms with Crippen molar-refractivity contribution in [2.45, 2.75) is 19.2 Å². The highest BCUT2D eigenvalue weighted by molar-refractivity contribution is 5.56. The van der Waals surface area contributed by atoms with Crippen molar-refractivity contribution in [3.8, 4) is 5.75 Å². The van der Waals surface area contributed by atoms with Crippen molar-refractivity contribution in [1.82, 2.24) is 0 Å². The zero-order valence-electron chi connectivity index (χ0n) is 9.13. The number of unbranched alkanes of at least 4 members (excludes halogenated alkanes) is 1. The molecule has 0 saturated carbocycles. The van der Waals surface area contributed by atoms with Crippen LogP contribution in [-0.4, -0.2) is 24.6 Å². The van der Waals surface area contributed by atoms with Crippen LogP contribution < -0.4 is 10.1 Å². The lowest BCUT2D eigenvalue weighted by atomic mass is 10.2. The summed E-state index contributed by atoms with van der Waals surface area (Å²) in [5, 5.41) is 11.4. The number of halogens is 3. The average molecular weight is 249 g/mol. The SMILES string of the molecule is OCCCCNc1ccccc1OC(F)(F)F. The molecule has 96 valence electrons. The van der Waals surface area contributed by atoms with Gasteiger partial charge in [-0.25, -0.2) is 0 Å². The van der Waals surface area contributed by atoms with Crippen molar-refractivity contribution in [3.05, 3.63) is 24.3 Å². The van der Waals surface area contributed by atoms with Crippen molar-refractivity contribution < 1.29 is 23.0 Å². The first-order valence-corrected chi connectivity index (χ1v) is 5.22. The van der Waals surface area contributed by atoms with Gasteiger partial charge in [-0.1, -0.05) is 12.1 Å². The normalized spacial score (nSPS) is 11.3. The summed E-state index contributed by atoms with van der Waals surface area (Å²) >= 11 is 0. The minimum absolute atomic E-state index is 0.0718. The molecule has 1 rings (SSSR count). The number of alkyl halides is 3. The van der Waals surface area contributed by atoms with E-state index in [9.17, 15) is 13.2 Å². The third kappa shape index (κ3) is 5.44. The summed E-state index contributed by atoms with van der Waals surface area (Å²) in [6.07, 6.45) is -3.41. The van der Waals surface area contributed by atoms with Gasteiger partial charge in [-0.3, -0.25) is 0 Å². The predicted octanol–water partition coefficient (Wildman–Crippen LogP) is 2.77. The quantitative estimate of drug-likeness (QED) is 0.762. The molecule has 0 atom stereocenters. The van der Waals surface area contributed by atoms with Crippen LogP contribution >= 0.6 is 0 Å². The molecule has 0 aliphatic heterocycles. The molecule has 0 unspecified atom stereocenters. The highest BCUT2D eigenvalue weighted by Crippen LogP contribution is 2.29. The lowest BCUT2D eigenvalue weighted by molar-refractivity contribution is -0.274. The lowest BCUT2D eigenvalue weighted by Crippen LogP contribution is -2.18. The zero-order chi connectivity index (χ0) is 12.7. The van der Waals surface area contributed by atoms with Gasteiger partial charge >= 0.3 is 6.36 Å². The number of hydrogen-bond donors (Lipinski definition) is 2. The smallest absolute Gasteiger partial charge is 0.404 e. The molecule has 1 aromatic carbocycles. The molecule has 0 aliphatic carbocycles. The second-order valence-electron chi connectivity index (χ2n) is 3.40. The fourth-order valence-corrected chi connectivity index (χ4v) is 1.29. The molecule has 0 radical (unpaired) electrons. The third-order valence-corrected chi connectivity index (χ3v) is 2.01. The Morgan fingerprint density at radius 2 is 1.88 bits per heavy atom. The number of ether oxygens (including phenoxy) is 1. The molecule has 6 heteroatoms. The second kappa shape index (κ2) is 6.34. The van der Waals surface area contributed by atoms with Crippen LogP contribution in [0.25, 0.3) is 0 Å². The molecule has 2 N–H and O–H groups in total. The van der Waals surface area contributed by atoms with Crippen LogP contribution in [0, 0.1) is 0 Å². The summed E-state index contributed by atoms with van der Waals surface area (Å²) in [5.41, 5.74) is 0.294. The van der Waals surface area contributed by atoms with Crippen LogP contribution in [0.1, 0.15) is 12.8 Å². The van der Waals surface area contributed by atoms with Crippen molar-refractivity contribution >= 4 is 5.69 Å². The molecule has 0 saturated heterocycles. The first kappa shape index (κ1) is 13.6. The number of aliphatic hydroxyl groups excluding tert-OH is 1. The summed E-state index contributed by atoms with van der Waals surface area (Å²) in [5.74, 6) is -0.246. The van der Waals surface area contributed by atoms with E-state index in [0.717, 1.165) is 0 Å². The molecule has 17 heavy (non-hydrogen) atoms. The highest BCUT2D eigenvalue weighted by atomic mass is 19.4. The van der Waals surface area contributed by atoms with Gasteiger partial charge in [-0.15, -0.1) is 13.2 Å². The number of para-hydroxylation sites is 2. The van der Waals surface area contributed by atoms with Crippen LogP contribution in [0.2, 0.25) is 0 Å². The van der Waals surface area contributed by atoms with Crippen LogP contribution in [0.3, 0.4) is 0 Å². The topological polar surface area (TPSA) is 41.5 Å².